The zero-order chi connectivity index (χ0) is 13.8. The van der Waals surface area contributed by atoms with E-state index >= 15 is 0 Å². The standard InChI is InChI=1S/C14H19N3O2/c1-17-5-3-10(4-6-17)11-7-12(15)9-13(8-11)16-14(18)19-2/h3,7-9H,4-6,15H2,1-2H3,(H,16,18). The Morgan fingerprint density at radius 2 is 2.21 bits per heavy atom. The quantitative estimate of drug-likeness (QED) is 0.801. The largest absolute Gasteiger partial charge is 0.453 e. The number of nitrogens with zero attached hydrogens (tertiary/aromatic N) is 1. The normalized spacial score (nSPS) is 15.8. The topological polar surface area (TPSA) is 67.6 Å². The summed E-state index contributed by atoms with van der Waals surface area (Å²) in [5, 5.41) is 2.64. The van der Waals surface area contributed by atoms with Crippen molar-refractivity contribution in [1.29, 1.82) is 0 Å². The molecule has 1 aromatic rings. The van der Waals surface area contributed by atoms with Gasteiger partial charge in [-0.15, -0.1) is 0 Å². The molecule has 5 heteroatoms. The predicted molar refractivity (Wildman–Crippen MR) is 77.0 cm³/mol. The van der Waals surface area contributed by atoms with Crippen LogP contribution in [-0.4, -0.2) is 38.2 Å². The first-order valence-electron chi connectivity index (χ1n) is 6.22. The van der Waals surface area contributed by atoms with Crippen molar-refractivity contribution in [2.45, 2.75) is 6.42 Å². The molecule has 0 aliphatic carbocycles. The number of amides is 1. The van der Waals surface area contributed by atoms with Gasteiger partial charge in [0.15, 0.2) is 0 Å². The predicted octanol–water partition coefficient (Wildman–Crippen LogP) is 2.17. The lowest BCUT2D eigenvalue weighted by molar-refractivity contribution is 0.187. The van der Waals surface area contributed by atoms with Gasteiger partial charge in [0.2, 0.25) is 0 Å². The molecule has 0 saturated heterocycles. The van der Waals surface area contributed by atoms with Crippen molar-refractivity contribution in [2.75, 3.05) is 38.3 Å². The molecule has 0 unspecified atom stereocenters. The molecule has 1 aliphatic rings. The molecule has 2 rings (SSSR count). The van der Waals surface area contributed by atoms with Crippen LogP contribution in [0.15, 0.2) is 24.3 Å². The van der Waals surface area contributed by atoms with E-state index in [2.05, 4.69) is 28.1 Å². The molecule has 1 heterocycles. The fraction of sp³-hybridized carbons (Fsp3) is 0.357. The molecule has 0 fully saturated rings. The Kier molecular flexibility index (Phi) is 4.06. The van der Waals surface area contributed by atoms with E-state index in [1.165, 1.54) is 12.7 Å². The molecule has 0 atom stereocenters. The minimum absolute atomic E-state index is 0.492. The van der Waals surface area contributed by atoms with Crippen LogP contribution < -0.4 is 11.1 Å². The number of carbonyl (C=O) groups is 1. The fourth-order valence-corrected chi connectivity index (χ4v) is 2.11. The van der Waals surface area contributed by atoms with Crippen LogP contribution in [0.1, 0.15) is 12.0 Å². The highest BCUT2D eigenvalue weighted by atomic mass is 16.5. The van der Waals surface area contributed by atoms with Crippen LogP contribution in [0.2, 0.25) is 0 Å². The van der Waals surface area contributed by atoms with Gasteiger partial charge in [-0.25, -0.2) is 4.79 Å². The lowest BCUT2D eigenvalue weighted by atomic mass is 9.98. The van der Waals surface area contributed by atoms with Gasteiger partial charge in [0.05, 0.1) is 7.11 Å². The first kappa shape index (κ1) is 13.4. The summed E-state index contributed by atoms with van der Waals surface area (Å²) in [6.07, 6.45) is 2.69. The van der Waals surface area contributed by atoms with Gasteiger partial charge in [0, 0.05) is 24.5 Å². The van der Waals surface area contributed by atoms with Crippen LogP contribution in [0.25, 0.3) is 5.57 Å². The molecule has 102 valence electrons. The van der Waals surface area contributed by atoms with E-state index in [1.54, 1.807) is 6.07 Å². The van der Waals surface area contributed by atoms with Crippen molar-refractivity contribution in [2.24, 2.45) is 0 Å². The molecular formula is C14H19N3O2. The number of methoxy groups -OCH3 is 1. The SMILES string of the molecule is COC(=O)Nc1cc(N)cc(C2=CCN(C)CC2)c1. The van der Waals surface area contributed by atoms with Crippen LogP contribution in [0.4, 0.5) is 16.2 Å². The third-order valence-electron chi connectivity index (χ3n) is 3.17. The third kappa shape index (κ3) is 3.48. The van der Waals surface area contributed by atoms with Crippen LogP contribution in [0.5, 0.6) is 0 Å². The number of carbonyl (C=O) groups excluding carboxylic acids is 1. The van der Waals surface area contributed by atoms with Gasteiger partial charge in [0.25, 0.3) is 0 Å². The van der Waals surface area contributed by atoms with Gasteiger partial charge in [0.1, 0.15) is 0 Å². The van der Waals surface area contributed by atoms with Crippen molar-refractivity contribution >= 4 is 23.0 Å². The molecule has 19 heavy (non-hydrogen) atoms. The summed E-state index contributed by atoms with van der Waals surface area (Å²) in [6, 6.07) is 5.57. The highest BCUT2D eigenvalue weighted by molar-refractivity contribution is 5.86. The van der Waals surface area contributed by atoms with E-state index in [0.717, 1.165) is 25.1 Å². The number of nitrogens with two attached hydrogens (primary N) is 1. The number of nitrogens with one attached hydrogen (secondary N) is 1. The van der Waals surface area contributed by atoms with Crippen LogP contribution in [0, 0.1) is 0 Å². The van der Waals surface area contributed by atoms with Crippen LogP contribution in [0.3, 0.4) is 0 Å². The maximum atomic E-state index is 11.2. The van der Waals surface area contributed by atoms with E-state index in [-0.39, 0.29) is 0 Å². The number of hydrogen-bond donors (Lipinski definition) is 2. The van der Waals surface area contributed by atoms with Gasteiger partial charge in [-0.2, -0.15) is 0 Å². The fourth-order valence-electron chi connectivity index (χ4n) is 2.11. The summed E-state index contributed by atoms with van der Waals surface area (Å²) in [7, 11) is 3.43. The smallest absolute Gasteiger partial charge is 0.411 e. The average molecular weight is 261 g/mol. The lowest BCUT2D eigenvalue weighted by Gasteiger charge is -2.22. The van der Waals surface area contributed by atoms with Gasteiger partial charge in [-0.1, -0.05) is 6.08 Å². The molecule has 0 spiro atoms. The Labute approximate surface area is 113 Å². The Morgan fingerprint density at radius 3 is 2.84 bits per heavy atom. The Morgan fingerprint density at radius 1 is 1.42 bits per heavy atom. The van der Waals surface area contributed by atoms with E-state index in [1.807, 2.05) is 12.1 Å². The van der Waals surface area contributed by atoms with Crippen molar-refractivity contribution in [3.05, 3.63) is 29.8 Å². The number of ether oxygens (including phenoxy) is 1. The second-order valence-corrected chi connectivity index (χ2v) is 4.70. The summed E-state index contributed by atoms with van der Waals surface area (Å²) in [5.74, 6) is 0. The average Bonchev–Trinajstić information content (AvgIpc) is 2.38. The number of benzene rings is 1. The second-order valence-electron chi connectivity index (χ2n) is 4.70. The maximum absolute atomic E-state index is 11.2. The molecular weight excluding hydrogens is 242 g/mol. The monoisotopic (exact) mass is 261 g/mol. The maximum Gasteiger partial charge on any atom is 0.411 e. The number of nitrogen functional groups attached to an aromatic ring is 1. The Balaban J connectivity index is 2.24. The highest BCUT2D eigenvalue weighted by Crippen LogP contribution is 2.27. The molecule has 3 N–H and O–H groups in total. The lowest BCUT2D eigenvalue weighted by Crippen LogP contribution is -2.23. The number of hydrogen-bond acceptors (Lipinski definition) is 4. The Hall–Kier alpha value is -2.01. The first-order chi connectivity index (χ1) is 9.08. The van der Waals surface area contributed by atoms with E-state index in [0.29, 0.717) is 11.4 Å². The minimum atomic E-state index is -0.492. The first-order valence-corrected chi connectivity index (χ1v) is 6.22. The third-order valence-corrected chi connectivity index (χ3v) is 3.17. The van der Waals surface area contributed by atoms with Gasteiger partial charge in [-0.3, -0.25) is 5.32 Å². The molecule has 5 nitrogen and oxygen atoms in total. The molecule has 0 radical (unpaired) electrons. The van der Waals surface area contributed by atoms with Crippen molar-refractivity contribution in [3.8, 4) is 0 Å². The minimum Gasteiger partial charge on any atom is -0.453 e. The molecule has 0 saturated carbocycles. The summed E-state index contributed by atoms with van der Waals surface area (Å²) in [5.41, 5.74) is 9.48. The van der Waals surface area contributed by atoms with Crippen molar-refractivity contribution < 1.29 is 9.53 Å². The molecule has 0 aromatic heterocycles. The van der Waals surface area contributed by atoms with E-state index in [9.17, 15) is 4.79 Å². The number of rotatable bonds is 2. The molecule has 1 aromatic carbocycles. The summed E-state index contributed by atoms with van der Waals surface area (Å²) >= 11 is 0. The van der Waals surface area contributed by atoms with Gasteiger partial charge in [-0.05, 0) is 42.8 Å². The zero-order valence-corrected chi connectivity index (χ0v) is 11.3. The van der Waals surface area contributed by atoms with Gasteiger partial charge < -0.3 is 15.4 Å². The number of likely N-dealkylation sites (N-methyl/N-ethyl adjacent to an activating group) is 1. The van der Waals surface area contributed by atoms with Crippen LogP contribution in [-0.2, 0) is 4.74 Å². The Bertz CT molecular complexity index is 511. The molecule has 1 amide bonds. The molecule has 0 bridgehead atoms. The molecule has 1 aliphatic heterocycles. The van der Waals surface area contributed by atoms with E-state index < -0.39 is 6.09 Å². The summed E-state index contributed by atoms with van der Waals surface area (Å²) < 4.78 is 4.58. The van der Waals surface area contributed by atoms with E-state index in [4.69, 9.17) is 5.73 Å². The highest BCUT2D eigenvalue weighted by Gasteiger charge is 2.11. The zero-order valence-electron chi connectivity index (χ0n) is 11.3. The summed E-state index contributed by atoms with van der Waals surface area (Å²) in [4.78, 5) is 13.5. The second kappa shape index (κ2) is 5.75. The van der Waals surface area contributed by atoms with Gasteiger partial charge >= 0.3 is 6.09 Å². The summed E-state index contributed by atoms with van der Waals surface area (Å²) in [6.45, 7) is 1.96. The number of anilines is 2. The van der Waals surface area contributed by atoms with Crippen molar-refractivity contribution in [1.82, 2.24) is 4.90 Å². The van der Waals surface area contributed by atoms with Crippen LogP contribution >= 0.6 is 0 Å². The van der Waals surface area contributed by atoms with Crippen molar-refractivity contribution in [3.63, 3.8) is 0 Å².